The summed E-state index contributed by atoms with van der Waals surface area (Å²) in [5.74, 6) is -0.0608. The van der Waals surface area contributed by atoms with Crippen LogP contribution in [-0.4, -0.2) is 35.6 Å². The first kappa shape index (κ1) is 23.0. The van der Waals surface area contributed by atoms with E-state index in [1.165, 1.54) is 19.0 Å². The Kier molecular flexibility index (Phi) is 7.53. The lowest BCUT2D eigenvalue weighted by Gasteiger charge is -2.17. The Morgan fingerprint density at radius 2 is 1.90 bits per heavy atom. The summed E-state index contributed by atoms with van der Waals surface area (Å²) < 4.78 is 31.8. The maximum atomic E-state index is 13.7. The number of aryl methyl sites for hydroxylation is 3. The van der Waals surface area contributed by atoms with Crippen LogP contribution >= 0.6 is 7.37 Å². The van der Waals surface area contributed by atoms with Gasteiger partial charge in [0.15, 0.2) is 0 Å². The number of aliphatic hydroxyl groups excluding tert-OH is 1. The number of carboxylic acids is 1. The van der Waals surface area contributed by atoms with Crippen molar-refractivity contribution in [2.75, 3.05) is 13.3 Å². The molecule has 0 spiro atoms. The molecule has 0 aliphatic heterocycles. The fourth-order valence-electron chi connectivity index (χ4n) is 3.20. The van der Waals surface area contributed by atoms with Crippen LogP contribution in [0.2, 0.25) is 0 Å². The molecule has 2 unspecified atom stereocenters. The molecule has 0 saturated carbocycles. The van der Waals surface area contributed by atoms with Gasteiger partial charge in [-0.3, -0.25) is 9.36 Å². The molecule has 7 heteroatoms. The molecule has 0 amide bonds. The van der Waals surface area contributed by atoms with Gasteiger partial charge < -0.3 is 14.7 Å². The van der Waals surface area contributed by atoms with Crippen LogP contribution in [0.25, 0.3) is 17.2 Å². The Balaban J connectivity index is 2.46. The average Bonchev–Trinajstić information content (AvgIpc) is 2.62. The van der Waals surface area contributed by atoms with Crippen molar-refractivity contribution in [3.63, 3.8) is 0 Å². The average molecular weight is 420 g/mol. The van der Waals surface area contributed by atoms with Crippen LogP contribution in [0.5, 0.6) is 0 Å². The Labute approximate surface area is 170 Å². The fraction of sp³-hybridized carbons (Fsp3) is 0.318. The molecule has 0 bridgehead atoms. The van der Waals surface area contributed by atoms with Crippen molar-refractivity contribution in [1.29, 1.82) is 0 Å². The highest BCUT2D eigenvalue weighted by atomic mass is 31.2. The van der Waals surface area contributed by atoms with Crippen molar-refractivity contribution in [3.8, 4) is 11.1 Å². The SMILES string of the molecule is COP(=O)(C=Cc1c(C)cc(C)cc1-c1ccc(F)c(C)c1)CC(O)CC(=O)O. The van der Waals surface area contributed by atoms with Gasteiger partial charge in [0.2, 0.25) is 7.37 Å². The molecule has 2 aromatic carbocycles. The zero-order valence-electron chi connectivity index (χ0n) is 17.0. The smallest absolute Gasteiger partial charge is 0.305 e. The van der Waals surface area contributed by atoms with Gasteiger partial charge in [-0.15, -0.1) is 0 Å². The molecular weight excluding hydrogens is 394 g/mol. The second kappa shape index (κ2) is 9.49. The summed E-state index contributed by atoms with van der Waals surface area (Å²) in [4.78, 5) is 10.8. The standard InChI is InChI=1S/C22H26FO5P/c1-14-9-15(2)19(20(10-14)17-5-6-21(23)16(3)11-17)7-8-29(27,28-4)13-18(24)12-22(25)26/h5-11,18,24H,12-13H2,1-4H3,(H,25,26). The molecule has 0 aromatic heterocycles. The van der Waals surface area contributed by atoms with E-state index in [-0.39, 0.29) is 12.0 Å². The van der Waals surface area contributed by atoms with Gasteiger partial charge in [-0.05, 0) is 66.8 Å². The fourth-order valence-corrected chi connectivity index (χ4v) is 4.68. The molecule has 2 N–H and O–H groups in total. The molecule has 156 valence electrons. The zero-order valence-corrected chi connectivity index (χ0v) is 17.9. The third-order valence-electron chi connectivity index (χ3n) is 4.65. The topological polar surface area (TPSA) is 83.8 Å². The van der Waals surface area contributed by atoms with E-state index in [1.807, 2.05) is 26.0 Å². The van der Waals surface area contributed by atoms with Crippen LogP contribution in [0, 0.1) is 26.6 Å². The Morgan fingerprint density at radius 1 is 1.21 bits per heavy atom. The molecule has 0 heterocycles. The number of halogens is 1. The lowest BCUT2D eigenvalue weighted by Crippen LogP contribution is -2.17. The van der Waals surface area contributed by atoms with Gasteiger partial charge in [-0.1, -0.05) is 23.8 Å². The van der Waals surface area contributed by atoms with Crippen molar-refractivity contribution in [2.24, 2.45) is 0 Å². The van der Waals surface area contributed by atoms with E-state index in [2.05, 4.69) is 0 Å². The first-order valence-corrected chi connectivity index (χ1v) is 11.0. The highest BCUT2D eigenvalue weighted by Crippen LogP contribution is 2.49. The van der Waals surface area contributed by atoms with Gasteiger partial charge in [0.05, 0.1) is 18.7 Å². The van der Waals surface area contributed by atoms with Crippen molar-refractivity contribution < 1.29 is 28.5 Å². The van der Waals surface area contributed by atoms with E-state index in [1.54, 1.807) is 25.1 Å². The number of hydrogen-bond donors (Lipinski definition) is 2. The molecule has 0 fully saturated rings. The normalized spacial score (nSPS) is 14.7. The first-order valence-electron chi connectivity index (χ1n) is 9.16. The van der Waals surface area contributed by atoms with E-state index >= 15 is 0 Å². The number of benzene rings is 2. The van der Waals surface area contributed by atoms with Crippen LogP contribution in [0.15, 0.2) is 36.1 Å². The maximum Gasteiger partial charge on any atom is 0.305 e. The van der Waals surface area contributed by atoms with E-state index in [4.69, 9.17) is 9.63 Å². The zero-order chi connectivity index (χ0) is 21.8. The van der Waals surface area contributed by atoms with E-state index in [0.717, 1.165) is 27.8 Å². The van der Waals surface area contributed by atoms with Gasteiger partial charge in [-0.25, -0.2) is 4.39 Å². The molecule has 2 rings (SSSR count). The van der Waals surface area contributed by atoms with Crippen molar-refractivity contribution in [2.45, 2.75) is 33.3 Å². The van der Waals surface area contributed by atoms with Crippen LogP contribution in [-0.2, 0) is 13.9 Å². The Morgan fingerprint density at radius 3 is 2.48 bits per heavy atom. The number of carboxylic acid groups (broad SMARTS) is 1. The number of carbonyl (C=O) groups is 1. The molecule has 29 heavy (non-hydrogen) atoms. The maximum absolute atomic E-state index is 13.7. The minimum atomic E-state index is -3.39. The van der Waals surface area contributed by atoms with Crippen LogP contribution in [0.1, 0.15) is 28.7 Å². The molecule has 0 aliphatic rings. The predicted molar refractivity (Wildman–Crippen MR) is 113 cm³/mol. The monoisotopic (exact) mass is 420 g/mol. The number of aliphatic hydroxyl groups is 1. The van der Waals surface area contributed by atoms with Crippen molar-refractivity contribution in [1.82, 2.24) is 0 Å². The number of aliphatic carboxylic acids is 1. The van der Waals surface area contributed by atoms with Gasteiger partial charge >= 0.3 is 5.97 Å². The lowest BCUT2D eigenvalue weighted by molar-refractivity contribution is -0.138. The third kappa shape index (κ3) is 6.10. The van der Waals surface area contributed by atoms with Crippen LogP contribution in [0.4, 0.5) is 4.39 Å². The molecular formula is C22H26FO5P. The lowest BCUT2D eigenvalue weighted by atomic mass is 9.93. The van der Waals surface area contributed by atoms with Gasteiger partial charge in [0, 0.05) is 12.9 Å². The summed E-state index contributed by atoms with van der Waals surface area (Å²) >= 11 is 0. The van der Waals surface area contributed by atoms with E-state index in [0.29, 0.717) is 5.56 Å². The molecule has 5 nitrogen and oxygen atoms in total. The van der Waals surface area contributed by atoms with Gasteiger partial charge in [0.1, 0.15) is 5.82 Å². The summed E-state index contributed by atoms with van der Waals surface area (Å²) in [6, 6.07) is 8.82. The molecule has 0 radical (unpaired) electrons. The Bertz CT molecular complexity index is 983. The summed E-state index contributed by atoms with van der Waals surface area (Å²) in [7, 11) is -2.12. The summed E-state index contributed by atoms with van der Waals surface area (Å²) in [6.45, 7) is 5.58. The first-order chi connectivity index (χ1) is 13.5. The van der Waals surface area contributed by atoms with Gasteiger partial charge in [-0.2, -0.15) is 0 Å². The highest BCUT2D eigenvalue weighted by Gasteiger charge is 2.24. The summed E-state index contributed by atoms with van der Waals surface area (Å²) in [5.41, 5.74) is 4.97. The highest BCUT2D eigenvalue weighted by molar-refractivity contribution is 7.62. The number of hydrogen-bond acceptors (Lipinski definition) is 4. The molecule has 2 atom stereocenters. The molecule has 2 aromatic rings. The summed E-state index contributed by atoms with van der Waals surface area (Å²) in [5, 5.41) is 18.7. The van der Waals surface area contributed by atoms with Crippen LogP contribution < -0.4 is 0 Å². The second-order valence-electron chi connectivity index (χ2n) is 7.17. The minimum absolute atomic E-state index is 0.286. The minimum Gasteiger partial charge on any atom is -0.481 e. The van der Waals surface area contributed by atoms with Crippen molar-refractivity contribution in [3.05, 3.63) is 64.2 Å². The number of rotatable bonds is 8. The third-order valence-corrected chi connectivity index (χ3v) is 6.80. The molecule has 0 saturated heterocycles. The van der Waals surface area contributed by atoms with E-state index < -0.39 is 25.9 Å². The quantitative estimate of drug-likeness (QED) is 0.577. The Hall–Kier alpha value is -2.27. The second-order valence-corrected chi connectivity index (χ2v) is 9.65. The van der Waals surface area contributed by atoms with Crippen molar-refractivity contribution >= 4 is 19.4 Å². The summed E-state index contributed by atoms with van der Waals surface area (Å²) in [6.07, 6.45) is -0.408. The predicted octanol–water partition coefficient (Wildman–Crippen LogP) is 5.15. The van der Waals surface area contributed by atoms with Gasteiger partial charge in [0.25, 0.3) is 0 Å². The molecule has 0 aliphatic carbocycles. The van der Waals surface area contributed by atoms with Crippen LogP contribution in [0.3, 0.4) is 0 Å². The van der Waals surface area contributed by atoms with E-state index in [9.17, 15) is 18.9 Å². The largest absolute Gasteiger partial charge is 0.481 e.